The molecule has 1 unspecified atom stereocenters. The molecule has 0 aliphatic carbocycles. The molecule has 4 rings (SSSR count). The normalized spacial score (nSPS) is 16.9. The van der Waals surface area contributed by atoms with Crippen LogP contribution in [-0.4, -0.2) is 59.9 Å². The van der Waals surface area contributed by atoms with E-state index in [9.17, 15) is 4.79 Å². The number of aromatic nitrogens is 2. The molecule has 1 atom stereocenters. The molecule has 1 N–H and O–H groups in total. The molecule has 1 aromatic heterocycles. The fraction of sp³-hybridized carbons (Fsp3) is 0.400. The van der Waals surface area contributed by atoms with Gasteiger partial charge in [0, 0.05) is 42.9 Å². The lowest BCUT2D eigenvalue weighted by Gasteiger charge is -2.33. The van der Waals surface area contributed by atoms with E-state index in [0.29, 0.717) is 36.4 Å². The first-order chi connectivity index (χ1) is 15.5. The number of rotatable bonds is 7. The molecule has 2 aromatic carbocycles. The summed E-state index contributed by atoms with van der Waals surface area (Å²) in [4.78, 5) is 15.0. The van der Waals surface area contributed by atoms with Crippen molar-refractivity contribution < 1.29 is 13.9 Å². The number of hydrogen-bond acceptors (Lipinski definition) is 6. The minimum Gasteiger partial charge on any atom is -0.416 e. The largest absolute Gasteiger partial charge is 0.416 e. The Labute approximate surface area is 188 Å². The first kappa shape index (κ1) is 22.2. The number of carbonyl (C=O) groups excluding carboxylic acids is 1. The van der Waals surface area contributed by atoms with Crippen molar-refractivity contribution >= 4 is 5.91 Å². The van der Waals surface area contributed by atoms with Crippen LogP contribution in [0.1, 0.15) is 29.8 Å². The van der Waals surface area contributed by atoms with E-state index in [1.165, 1.54) is 0 Å². The van der Waals surface area contributed by atoms with Gasteiger partial charge >= 0.3 is 0 Å². The number of aryl methyl sites for hydroxylation is 1. The molecule has 1 aliphatic rings. The Morgan fingerprint density at radius 3 is 2.59 bits per heavy atom. The van der Waals surface area contributed by atoms with E-state index in [-0.39, 0.29) is 12.0 Å². The minimum absolute atomic E-state index is 0.0177. The van der Waals surface area contributed by atoms with Gasteiger partial charge in [0.05, 0.1) is 12.7 Å². The number of morpholine rings is 1. The molecule has 0 saturated carbocycles. The molecule has 1 fully saturated rings. The molecular weight excluding hydrogens is 404 g/mol. The third kappa shape index (κ3) is 5.60. The van der Waals surface area contributed by atoms with Crippen molar-refractivity contribution in [1.29, 1.82) is 0 Å². The predicted molar refractivity (Wildman–Crippen MR) is 123 cm³/mol. The fourth-order valence-corrected chi connectivity index (χ4v) is 3.89. The first-order valence-electron chi connectivity index (χ1n) is 11.1. The standard InChI is InChI=1S/C25H30N4O3/c1-17(2)15-29-11-12-31-22(16-29)14-26-23(30)19-7-9-20(10-8-19)24-27-28-25(32-24)21-6-4-5-18(3)13-21/h4-10,13,17,22H,11-12,14-16H2,1-3H3,(H,26,30). The molecule has 0 bridgehead atoms. The van der Waals surface area contributed by atoms with Gasteiger partial charge in [-0.2, -0.15) is 0 Å². The number of amides is 1. The van der Waals surface area contributed by atoms with E-state index in [4.69, 9.17) is 9.15 Å². The maximum atomic E-state index is 12.6. The van der Waals surface area contributed by atoms with E-state index in [0.717, 1.165) is 36.3 Å². The minimum atomic E-state index is -0.118. The van der Waals surface area contributed by atoms with Crippen molar-refractivity contribution in [2.75, 3.05) is 32.8 Å². The van der Waals surface area contributed by atoms with Gasteiger partial charge in [-0.15, -0.1) is 10.2 Å². The SMILES string of the molecule is Cc1cccc(-c2nnc(-c3ccc(C(=O)NCC4CN(CC(C)C)CCO4)cc3)o2)c1. The van der Waals surface area contributed by atoms with Crippen LogP contribution >= 0.6 is 0 Å². The van der Waals surface area contributed by atoms with E-state index in [2.05, 4.69) is 34.3 Å². The van der Waals surface area contributed by atoms with Crippen LogP contribution in [0, 0.1) is 12.8 Å². The average Bonchev–Trinajstić information content (AvgIpc) is 3.28. The van der Waals surface area contributed by atoms with Crippen LogP contribution < -0.4 is 5.32 Å². The smallest absolute Gasteiger partial charge is 0.251 e. The van der Waals surface area contributed by atoms with Crippen molar-refractivity contribution in [3.8, 4) is 22.9 Å². The number of nitrogens with one attached hydrogen (secondary N) is 1. The highest BCUT2D eigenvalue weighted by molar-refractivity contribution is 5.94. The van der Waals surface area contributed by atoms with E-state index >= 15 is 0 Å². The summed E-state index contributed by atoms with van der Waals surface area (Å²) < 4.78 is 11.6. The maximum Gasteiger partial charge on any atom is 0.251 e. The highest BCUT2D eigenvalue weighted by Crippen LogP contribution is 2.24. The van der Waals surface area contributed by atoms with Gasteiger partial charge in [-0.25, -0.2) is 0 Å². The summed E-state index contributed by atoms with van der Waals surface area (Å²) in [6.07, 6.45) is 0.0177. The van der Waals surface area contributed by atoms with Crippen LogP contribution in [0.4, 0.5) is 0 Å². The number of carbonyl (C=O) groups is 1. The lowest BCUT2D eigenvalue weighted by atomic mass is 10.1. The lowest BCUT2D eigenvalue weighted by Crippen LogP contribution is -2.48. The Balaban J connectivity index is 1.34. The van der Waals surface area contributed by atoms with Crippen molar-refractivity contribution in [2.24, 2.45) is 5.92 Å². The summed E-state index contributed by atoms with van der Waals surface area (Å²) in [6, 6.07) is 15.1. The topological polar surface area (TPSA) is 80.5 Å². The summed E-state index contributed by atoms with van der Waals surface area (Å²) >= 11 is 0. The molecule has 3 aromatic rings. The highest BCUT2D eigenvalue weighted by atomic mass is 16.5. The zero-order chi connectivity index (χ0) is 22.5. The molecule has 0 spiro atoms. The third-order valence-corrected chi connectivity index (χ3v) is 5.42. The summed E-state index contributed by atoms with van der Waals surface area (Å²) in [5.74, 6) is 1.40. The second kappa shape index (κ2) is 10.1. The quantitative estimate of drug-likeness (QED) is 0.609. The number of hydrogen-bond donors (Lipinski definition) is 1. The van der Waals surface area contributed by atoms with Crippen LogP contribution in [0.15, 0.2) is 52.9 Å². The summed E-state index contributed by atoms with van der Waals surface area (Å²) in [6.45, 7) is 10.5. The molecule has 168 valence electrons. The van der Waals surface area contributed by atoms with Gasteiger partial charge in [-0.05, 0) is 49.2 Å². The molecule has 2 heterocycles. The van der Waals surface area contributed by atoms with E-state index < -0.39 is 0 Å². The van der Waals surface area contributed by atoms with Crippen LogP contribution in [0.5, 0.6) is 0 Å². The van der Waals surface area contributed by atoms with Crippen molar-refractivity contribution in [3.05, 3.63) is 59.7 Å². The van der Waals surface area contributed by atoms with Crippen molar-refractivity contribution in [2.45, 2.75) is 26.9 Å². The fourth-order valence-electron chi connectivity index (χ4n) is 3.89. The summed E-state index contributed by atoms with van der Waals surface area (Å²) in [5.41, 5.74) is 3.37. The van der Waals surface area contributed by atoms with Gasteiger partial charge in [-0.3, -0.25) is 9.69 Å². The second-order valence-electron chi connectivity index (χ2n) is 8.72. The van der Waals surface area contributed by atoms with Crippen molar-refractivity contribution in [1.82, 2.24) is 20.4 Å². The Hall–Kier alpha value is -3.03. The third-order valence-electron chi connectivity index (χ3n) is 5.42. The summed E-state index contributed by atoms with van der Waals surface area (Å²) in [5, 5.41) is 11.3. The molecule has 7 nitrogen and oxygen atoms in total. The predicted octanol–water partition coefficient (Wildman–Crippen LogP) is 3.80. The van der Waals surface area contributed by atoms with Gasteiger partial charge in [-0.1, -0.05) is 31.5 Å². The average molecular weight is 435 g/mol. The molecule has 0 radical (unpaired) electrons. The monoisotopic (exact) mass is 434 g/mol. The molecule has 1 amide bonds. The molecule has 32 heavy (non-hydrogen) atoms. The Morgan fingerprint density at radius 1 is 1.12 bits per heavy atom. The van der Waals surface area contributed by atoms with E-state index in [1.54, 1.807) is 12.1 Å². The lowest BCUT2D eigenvalue weighted by molar-refractivity contribution is -0.0295. The summed E-state index contributed by atoms with van der Waals surface area (Å²) in [7, 11) is 0. The second-order valence-corrected chi connectivity index (χ2v) is 8.72. The Bertz CT molecular complexity index is 1050. The number of benzene rings is 2. The zero-order valence-electron chi connectivity index (χ0n) is 18.9. The van der Waals surface area contributed by atoms with Gasteiger partial charge in [0.1, 0.15) is 0 Å². The Morgan fingerprint density at radius 2 is 1.88 bits per heavy atom. The number of ether oxygens (including phenoxy) is 1. The van der Waals surface area contributed by atoms with Gasteiger partial charge in [0.25, 0.3) is 5.91 Å². The van der Waals surface area contributed by atoms with Crippen LogP contribution in [0.2, 0.25) is 0 Å². The van der Waals surface area contributed by atoms with Crippen LogP contribution in [-0.2, 0) is 4.74 Å². The van der Waals surface area contributed by atoms with Gasteiger partial charge in [0.15, 0.2) is 0 Å². The van der Waals surface area contributed by atoms with Crippen LogP contribution in [0.25, 0.3) is 22.9 Å². The molecule has 7 heteroatoms. The molecular formula is C25H30N4O3. The highest BCUT2D eigenvalue weighted by Gasteiger charge is 2.21. The van der Waals surface area contributed by atoms with E-state index in [1.807, 2.05) is 43.3 Å². The maximum absolute atomic E-state index is 12.6. The Kier molecular flexibility index (Phi) is 6.97. The zero-order valence-corrected chi connectivity index (χ0v) is 18.9. The first-order valence-corrected chi connectivity index (χ1v) is 11.1. The van der Waals surface area contributed by atoms with Crippen molar-refractivity contribution in [3.63, 3.8) is 0 Å². The molecule has 1 saturated heterocycles. The number of nitrogens with zero attached hydrogens (tertiary/aromatic N) is 3. The van der Waals surface area contributed by atoms with Gasteiger partial charge < -0.3 is 14.5 Å². The molecule has 1 aliphatic heterocycles. The van der Waals surface area contributed by atoms with Gasteiger partial charge in [0.2, 0.25) is 11.8 Å². The van der Waals surface area contributed by atoms with Crippen LogP contribution in [0.3, 0.4) is 0 Å².